The molecule has 1 aromatic heterocycles. The van der Waals surface area contributed by atoms with Crippen molar-refractivity contribution in [3.63, 3.8) is 0 Å². The van der Waals surface area contributed by atoms with Gasteiger partial charge in [0.25, 0.3) is 0 Å². The summed E-state index contributed by atoms with van der Waals surface area (Å²) in [6, 6.07) is 11.1. The van der Waals surface area contributed by atoms with E-state index in [1.807, 2.05) is 36.9 Å². The summed E-state index contributed by atoms with van der Waals surface area (Å²) < 4.78 is 49.8. The monoisotopic (exact) mass is 459 g/mol. The van der Waals surface area contributed by atoms with Crippen molar-refractivity contribution in [3.8, 4) is 16.8 Å². The number of aromatic nitrogens is 1. The van der Waals surface area contributed by atoms with Gasteiger partial charge in [-0.3, -0.25) is 0 Å². The van der Waals surface area contributed by atoms with Crippen LogP contribution in [0, 0.1) is 12.7 Å². The number of carbonyl (C=O) groups is 1. The smallest absolute Gasteiger partial charge is 0.434 e. The van der Waals surface area contributed by atoms with E-state index >= 15 is 0 Å². The predicted molar refractivity (Wildman–Crippen MR) is 120 cm³/mol. The molecule has 0 spiro atoms. The molecule has 0 unspecified atom stereocenters. The zero-order valence-corrected chi connectivity index (χ0v) is 19.1. The summed E-state index contributed by atoms with van der Waals surface area (Å²) in [5, 5.41) is 0. The van der Waals surface area contributed by atoms with Gasteiger partial charge < -0.3 is 14.0 Å². The highest BCUT2D eigenvalue weighted by Gasteiger charge is 2.16. The number of sulfone groups is 1. The van der Waals surface area contributed by atoms with Gasteiger partial charge in [0.15, 0.2) is 9.84 Å². The van der Waals surface area contributed by atoms with Gasteiger partial charge in [0.2, 0.25) is 0 Å². The fraction of sp³-hybridized carbons (Fsp3) is 0.292. The van der Waals surface area contributed by atoms with Crippen LogP contribution in [0.1, 0.15) is 24.5 Å². The van der Waals surface area contributed by atoms with Gasteiger partial charge in [0.05, 0.1) is 18.1 Å². The lowest BCUT2D eigenvalue weighted by molar-refractivity contribution is 0.0562. The quantitative estimate of drug-likeness (QED) is 0.438. The molecule has 6 nitrogen and oxygen atoms in total. The highest BCUT2D eigenvalue weighted by Crippen LogP contribution is 2.32. The van der Waals surface area contributed by atoms with Crippen molar-refractivity contribution in [2.24, 2.45) is 0 Å². The second kappa shape index (κ2) is 9.99. The Hall–Kier alpha value is -3.13. The highest BCUT2D eigenvalue weighted by atomic mass is 32.2. The lowest BCUT2D eigenvalue weighted by Gasteiger charge is -2.15. The molecule has 2 aromatic carbocycles. The van der Waals surface area contributed by atoms with E-state index in [9.17, 15) is 17.6 Å². The molecule has 8 heteroatoms. The Morgan fingerprint density at radius 2 is 1.75 bits per heavy atom. The van der Waals surface area contributed by atoms with Crippen LogP contribution in [-0.2, 0) is 25.7 Å². The van der Waals surface area contributed by atoms with Gasteiger partial charge in [0.1, 0.15) is 5.82 Å². The zero-order chi connectivity index (χ0) is 23.3. The Morgan fingerprint density at radius 3 is 2.41 bits per heavy atom. The van der Waals surface area contributed by atoms with Gasteiger partial charge in [-0.25, -0.2) is 17.6 Å². The molecule has 0 N–H and O–H groups in total. The van der Waals surface area contributed by atoms with Crippen LogP contribution in [0.25, 0.3) is 16.8 Å². The Labute approximate surface area is 187 Å². The number of hydrogen-bond acceptors (Lipinski definition) is 5. The number of ether oxygens (including phenoxy) is 2. The number of benzene rings is 2. The van der Waals surface area contributed by atoms with Crippen molar-refractivity contribution in [1.82, 2.24) is 4.57 Å². The standard InChI is InChI=1S/C24H26FNO5S/c1-4-12-30-24(27)31-13-10-18-9-11-26(16-18)23-15-21(32(3,28)29)14-22(17(23)2)19-5-7-20(25)8-6-19/h5-9,11,14-16H,4,10,12-13H2,1-3H3. The SMILES string of the molecule is CCCOC(=O)OCCc1ccn(-c2cc(S(C)(=O)=O)cc(-c3ccc(F)cc3)c2C)c1. The van der Waals surface area contributed by atoms with Gasteiger partial charge in [-0.1, -0.05) is 19.1 Å². The minimum atomic E-state index is -3.47. The van der Waals surface area contributed by atoms with Gasteiger partial charge in [-0.15, -0.1) is 0 Å². The molecule has 0 aliphatic heterocycles. The largest absolute Gasteiger partial charge is 0.508 e. The summed E-state index contributed by atoms with van der Waals surface area (Å²) in [7, 11) is -3.47. The summed E-state index contributed by atoms with van der Waals surface area (Å²) in [6.45, 7) is 4.29. The molecule has 1 heterocycles. The molecule has 3 aromatic rings. The molecule has 32 heavy (non-hydrogen) atoms. The van der Waals surface area contributed by atoms with Crippen LogP contribution < -0.4 is 0 Å². The summed E-state index contributed by atoms with van der Waals surface area (Å²) >= 11 is 0. The van der Waals surface area contributed by atoms with E-state index in [4.69, 9.17) is 9.47 Å². The van der Waals surface area contributed by atoms with E-state index in [0.29, 0.717) is 24.3 Å². The minimum Gasteiger partial charge on any atom is -0.434 e. The van der Waals surface area contributed by atoms with Crippen molar-refractivity contribution in [2.75, 3.05) is 19.5 Å². The maximum absolute atomic E-state index is 13.4. The molecule has 0 amide bonds. The number of rotatable bonds is 8. The first-order valence-electron chi connectivity index (χ1n) is 10.3. The van der Waals surface area contributed by atoms with Crippen molar-refractivity contribution in [2.45, 2.75) is 31.6 Å². The van der Waals surface area contributed by atoms with Crippen molar-refractivity contribution >= 4 is 16.0 Å². The fourth-order valence-electron chi connectivity index (χ4n) is 3.30. The fourth-order valence-corrected chi connectivity index (χ4v) is 3.96. The van der Waals surface area contributed by atoms with E-state index in [1.165, 1.54) is 12.1 Å². The average molecular weight is 460 g/mol. The van der Waals surface area contributed by atoms with Crippen LogP contribution in [0.2, 0.25) is 0 Å². The first-order chi connectivity index (χ1) is 15.2. The van der Waals surface area contributed by atoms with Gasteiger partial charge in [-0.05, 0) is 65.9 Å². The highest BCUT2D eigenvalue weighted by molar-refractivity contribution is 7.90. The lowest BCUT2D eigenvalue weighted by atomic mass is 9.99. The van der Waals surface area contributed by atoms with Crippen LogP contribution in [0.4, 0.5) is 9.18 Å². The second-order valence-corrected chi connectivity index (χ2v) is 9.53. The maximum Gasteiger partial charge on any atom is 0.508 e. The average Bonchev–Trinajstić information content (AvgIpc) is 3.21. The lowest BCUT2D eigenvalue weighted by Crippen LogP contribution is -2.10. The molecule has 0 fully saturated rings. The van der Waals surface area contributed by atoms with E-state index in [0.717, 1.165) is 29.4 Å². The number of carbonyl (C=O) groups excluding carboxylic acids is 1. The van der Waals surface area contributed by atoms with Crippen LogP contribution in [0.15, 0.2) is 59.8 Å². The van der Waals surface area contributed by atoms with Crippen LogP contribution >= 0.6 is 0 Å². The van der Waals surface area contributed by atoms with Crippen molar-refractivity contribution < 1.29 is 27.1 Å². The Balaban J connectivity index is 1.90. The third-order valence-electron chi connectivity index (χ3n) is 5.00. The molecule has 0 radical (unpaired) electrons. The topological polar surface area (TPSA) is 74.6 Å². The van der Waals surface area contributed by atoms with Gasteiger partial charge in [0, 0.05) is 30.8 Å². The first-order valence-corrected chi connectivity index (χ1v) is 12.2. The van der Waals surface area contributed by atoms with Crippen LogP contribution in [0.3, 0.4) is 0 Å². The zero-order valence-electron chi connectivity index (χ0n) is 18.3. The van der Waals surface area contributed by atoms with E-state index in [1.54, 1.807) is 24.3 Å². The first kappa shape index (κ1) is 23.5. The van der Waals surface area contributed by atoms with E-state index in [-0.39, 0.29) is 17.3 Å². The predicted octanol–water partition coefficient (Wildman–Crippen LogP) is 5.10. The summed E-state index contributed by atoms with van der Waals surface area (Å²) in [5.41, 5.74) is 3.90. The maximum atomic E-state index is 13.4. The Kier molecular flexibility index (Phi) is 7.35. The Bertz CT molecular complexity index is 1200. The summed E-state index contributed by atoms with van der Waals surface area (Å²) in [6.07, 6.45) is 5.38. The third kappa shape index (κ3) is 5.76. The molecule has 0 atom stereocenters. The molecule has 3 rings (SSSR count). The molecule has 0 saturated heterocycles. The molecule has 0 bridgehead atoms. The molecule has 0 saturated carbocycles. The van der Waals surface area contributed by atoms with Crippen LogP contribution in [0.5, 0.6) is 0 Å². The third-order valence-corrected chi connectivity index (χ3v) is 6.10. The minimum absolute atomic E-state index is 0.176. The van der Waals surface area contributed by atoms with E-state index in [2.05, 4.69) is 0 Å². The second-order valence-electron chi connectivity index (χ2n) is 7.52. The van der Waals surface area contributed by atoms with E-state index < -0.39 is 16.0 Å². The number of halogens is 1. The Morgan fingerprint density at radius 1 is 1.06 bits per heavy atom. The number of hydrogen-bond donors (Lipinski definition) is 0. The summed E-state index contributed by atoms with van der Waals surface area (Å²) in [5.74, 6) is -0.359. The molecule has 170 valence electrons. The normalized spacial score (nSPS) is 11.4. The number of nitrogens with zero attached hydrogens (tertiary/aromatic N) is 1. The van der Waals surface area contributed by atoms with Crippen molar-refractivity contribution in [3.05, 3.63) is 71.8 Å². The van der Waals surface area contributed by atoms with Crippen LogP contribution in [-0.4, -0.2) is 38.6 Å². The summed E-state index contributed by atoms with van der Waals surface area (Å²) in [4.78, 5) is 11.6. The molecular weight excluding hydrogens is 433 g/mol. The van der Waals surface area contributed by atoms with Gasteiger partial charge >= 0.3 is 6.16 Å². The van der Waals surface area contributed by atoms with Crippen molar-refractivity contribution in [1.29, 1.82) is 0 Å². The molecular formula is C24H26FNO5S. The molecule has 0 aliphatic carbocycles. The molecule has 0 aliphatic rings. The van der Waals surface area contributed by atoms with Gasteiger partial charge in [-0.2, -0.15) is 0 Å².